The number of aryl methyl sites for hydroxylation is 2. The van der Waals surface area contributed by atoms with Crippen molar-refractivity contribution in [3.63, 3.8) is 0 Å². The van der Waals surface area contributed by atoms with E-state index in [-0.39, 0.29) is 5.78 Å². The summed E-state index contributed by atoms with van der Waals surface area (Å²) in [5.74, 6) is 0.0451. The Bertz CT molecular complexity index is 849. The average Bonchev–Trinajstić information content (AvgIpc) is 2.47. The summed E-state index contributed by atoms with van der Waals surface area (Å²) in [5.41, 5.74) is 9.97. The van der Waals surface area contributed by atoms with E-state index >= 15 is 0 Å². The summed E-state index contributed by atoms with van der Waals surface area (Å²) in [7, 11) is 0. The third-order valence-corrected chi connectivity index (χ3v) is 3.88. The number of rotatable bonds is 2. The summed E-state index contributed by atoms with van der Waals surface area (Å²) < 4.78 is 0. The van der Waals surface area contributed by atoms with Crippen LogP contribution < -0.4 is 5.73 Å². The number of benzene rings is 3. The number of anilines is 1. The van der Waals surface area contributed by atoms with Crippen LogP contribution in [-0.4, -0.2) is 5.78 Å². The van der Waals surface area contributed by atoms with E-state index < -0.39 is 0 Å². The first kappa shape index (κ1) is 13.4. The summed E-state index contributed by atoms with van der Waals surface area (Å²) in [6.45, 7) is 3.98. The molecule has 0 spiro atoms. The van der Waals surface area contributed by atoms with E-state index in [1.54, 1.807) is 6.07 Å². The minimum atomic E-state index is 0.0451. The van der Waals surface area contributed by atoms with Gasteiger partial charge in [-0.1, -0.05) is 36.4 Å². The number of carbonyl (C=O) groups is 1. The second-order valence-electron chi connectivity index (χ2n) is 5.38. The lowest BCUT2D eigenvalue weighted by molar-refractivity contribution is 0.104. The normalized spacial score (nSPS) is 10.8. The van der Waals surface area contributed by atoms with Gasteiger partial charge in [0.1, 0.15) is 0 Å². The Kier molecular flexibility index (Phi) is 3.22. The molecule has 0 radical (unpaired) electrons. The van der Waals surface area contributed by atoms with E-state index in [9.17, 15) is 4.79 Å². The molecule has 0 saturated carbocycles. The van der Waals surface area contributed by atoms with Gasteiger partial charge in [-0.3, -0.25) is 4.79 Å². The summed E-state index contributed by atoms with van der Waals surface area (Å²) >= 11 is 0. The molecule has 21 heavy (non-hydrogen) atoms. The van der Waals surface area contributed by atoms with E-state index in [0.29, 0.717) is 11.3 Å². The molecule has 2 nitrogen and oxygen atoms in total. The number of nitrogens with two attached hydrogens (primary N) is 1. The van der Waals surface area contributed by atoms with Crippen LogP contribution in [0.2, 0.25) is 0 Å². The summed E-state index contributed by atoms with van der Waals surface area (Å²) in [4.78, 5) is 12.9. The maximum atomic E-state index is 12.9. The highest BCUT2D eigenvalue weighted by molar-refractivity contribution is 6.17. The highest BCUT2D eigenvalue weighted by atomic mass is 16.1. The fourth-order valence-corrected chi connectivity index (χ4v) is 2.73. The number of hydrogen-bond donors (Lipinski definition) is 1. The van der Waals surface area contributed by atoms with Crippen LogP contribution in [0, 0.1) is 13.8 Å². The lowest BCUT2D eigenvalue weighted by Gasteiger charge is -2.10. The van der Waals surface area contributed by atoms with Crippen molar-refractivity contribution in [3.05, 3.63) is 76.9 Å². The number of carbonyl (C=O) groups excluding carboxylic acids is 1. The molecular formula is C19H17NO. The topological polar surface area (TPSA) is 43.1 Å². The quantitative estimate of drug-likeness (QED) is 0.560. The van der Waals surface area contributed by atoms with Gasteiger partial charge >= 0.3 is 0 Å². The minimum absolute atomic E-state index is 0.0451. The van der Waals surface area contributed by atoms with Gasteiger partial charge in [-0.15, -0.1) is 0 Å². The Labute approximate surface area is 124 Å². The van der Waals surface area contributed by atoms with Crippen LogP contribution in [0.25, 0.3) is 10.8 Å². The SMILES string of the molecule is Cc1cc(N)ccc1C(=O)c1ccc(C)c2ccccc12. The van der Waals surface area contributed by atoms with Gasteiger partial charge in [-0.25, -0.2) is 0 Å². The van der Waals surface area contributed by atoms with Crippen LogP contribution in [-0.2, 0) is 0 Å². The molecule has 0 heterocycles. The Morgan fingerprint density at radius 1 is 0.810 bits per heavy atom. The molecule has 0 aliphatic carbocycles. The molecule has 3 aromatic carbocycles. The predicted octanol–water partition coefficient (Wildman–Crippen LogP) is 4.27. The zero-order valence-electron chi connectivity index (χ0n) is 12.2. The molecule has 0 aliphatic rings. The van der Waals surface area contributed by atoms with Gasteiger partial charge in [-0.05, 0) is 53.9 Å². The minimum Gasteiger partial charge on any atom is -0.399 e. The van der Waals surface area contributed by atoms with Crippen molar-refractivity contribution in [2.75, 3.05) is 5.73 Å². The molecule has 0 atom stereocenters. The van der Waals surface area contributed by atoms with Crippen molar-refractivity contribution < 1.29 is 4.79 Å². The van der Waals surface area contributed by atoms with E-state index in [0.717, 1.165) is 21.9 Å². The monoisotopic (exact) mass is 275 g/mol. The Balaban J connectivity index is 2.21. The second kappa shape index (κ2) is 5.06. The molecular weight excluding hydrogens is 258 g/mol. The zero-order chi connectivity index (χ0) is 15.0. The second-order valence-corrected chi connectivity index (χ2v) is 5.38. The molecule has 0 aliphatic heterocycles. The third kappa shape index (κ3) is 2.29. The lowest BCUT2D eigenvalue weighted by Crippen LogP contribution is -2.05. The van der Waals surface area contributed by atoms with Crippen LogP contribution >= 0.6 is 0 Å². The van der Waals surface area contributed by atoms with Gasteiger partial charge in [0.2, 0.25) is 0 Å². The highest BCUT2D eigenvalue weighted by Crippen LogP contribution is 2.25. The van der Waals surface area contributed by atoms with E-state index in [1.807, 2.05) is 49.4 Å². The van der Waals surface area contributed by atoms with Crippen LogP contribution in [0.1, 0.15) is 27.0 Å². The number of fused-ring (bicyclic) bond motifs is 1. The van der Waals surface area contributed by atoms with Crippen molar-refractivity contribution in [2.24, 2.45) is 0 Å². The Morgan fingerprint density at radius 2 is 1.48 bits per heavy atom. The number of nitrogen functional groups attached to an aromatic ring is 1. The molecule has 0 unspecified atom stereocenters. The summed E-state index contributed by atoms with van der Waals surface area (Å²) in [6.07, 6.45) is 0. The number of hydrogen-bond acceptors (Lipinski definition) is 2. The smallest absolute Gasteiger partial charge is 0.193 e. The Hall–Kier alpha value is -2.61. The lowest BCUT2D eigenvalue weighted by atomic mass is 9.93. The van der Waals surface area contributed by atoms with Crippen LogP contribution in [0.4, 0.5) is 5.69 Å². The van der Waals surface area contributed by atoms with Crippen LogP contribution in [0.3, 0.4) is 0 Å². The van der Waals surface area contributed by atoms with E-state index in [2.05, 4.69) is 13.0 Å². The fraction of sp³-hybridized carbons (Fsp3) is 0.105. The van der Waals surface area contributed by atoms with Gasteiger partial charge in [0, 0.05) is 16.8 Å². The van der Waals surface area contributed by atoms with Gasteiger partial charge < -0.3 is 5.73 Å². The van der Waals surface area contributed by atoms with Gasteiger partial charge in [0.25, 0.3) is 0 Å². The zero-order valence-corrected chi connectivity index (χ0v) is 12.2. The van der Waals surface area contributed by atoms with E-state index in [1.165, 1.54) is 5.56 Å². The highest BCUT2D eigenvalue weighted by Gasteiger charge is 2.15. The molecule has 2 N–H and O–H groups in total. The van der Waals surface area contributed by atoms with Crippen LogP contribution in [0.15, 0.2) is 54.6 Å². The van der Waals surface area contributed by atoms with Gasteiger partial charge in [0.15, 0.2) is 5.78 Å². The molecule has 0 fully saturated rings. The summed E-state index contributed by atoms with van der Waals surface area (Å²) in [5, 5.41) is 2.12. The maximum Gasteiger partial charge on any atom is 0.193 e. The molecule has 0 aromatic heterocycles. The van der Waals surface area contributed by atoms with Crippen molar-refractivity contribution >= 4 is 22.2 Å². The molecule has 3 rings (SSSR count). The van der Waals surface area contributed by atoms with Crippen molar-refractivity contribution in [1.82, 2.24) is 0 Å². The third-order valence-electron chi connectivity index (χ3n) is 3.88. The predicted molar refractivity (Wildman–Crippen MR) is 87.7 cm³/mol. The van der Waals surface area contributed by atoms with Gasteiger partial charge in [0.05, 0.1) is 0 Å². The van der Waals surface area contributed by atoms with Gasteiger partial charge in [-0.2, -0.15) is 0 Å². The first-order valence-corrected chi connectivity index (χ1v) is 6.97. The summed E-state index contributed by atoms with van der Waals surface area (Å²) in [6, 6.07) is 17.4. The van der Waals surface area contributed by atoms with Crippen molar-refractivity contribution in [1.29, 1.82) is 0 Å². The fourth-order valence-electron chi connectivity index (χ4n) is 2.73. The van der Waals surface area contributed by atoms with E-state index in [4.69, 9.17) is 5.73 Å². The van der Waals surface area contributed by atoms with Crippen LogP contribution in [0.5, 0.6) is 0 Å². The maximum absolute atomic E-state index is 12.9. The largest absolute Gasteiger partial charge is 0.399 e. The molecule has 0 bridgehead atoms. The first-order chi connectivity index (χ1) is 10.1. The molecule has 0 saturated heterocycles. The molecule has 0 amide bonds. The Morgan fingerprint density at radius 3 is 2.19 bits per heavy atom. The molecule has 104 valence electrons. The van der Waals surface area contributed by atoms with Crippen molar-refractivity contribution in [2.45, 2.75) is 13.8 Å². The number of ketones is 1. The average molecular weight is 275 g/mol. The first-order valence-electron chi connectivity index (χ1n) is 6.97. The molecule has 2 heteroatoms. The standard InChI is InChI=1S/C19H17NO/c1-12-7-9-18(17-6-4-3-5-15(12)17)19(21)16-10-8-14(20)11-13(16)2/h3-11H,20H2,1-2H3. The molecule has 3 aromatic rings. The van der Waals surface area contributed by atoms with Crippen molar-refractivity contribution in [3.8, 4) is 0 Å².